The molecule has 6 nitrogen and oxygen atoms in total. The molecule has 0 unspecified atom stereocenters. The Labute approximate surface area is 144 Å². The van der Waals surface area contributed by atoms with Crippen LogP contribution >= 0.6 is 0 Å². The lowest BCUT2D eigenvalue weighted by molar-refractivity contribution is -0.385. The van der Waals surface area contributed by atoms with Crippen molar-refractivity contribution in [3.63, 3.8) is 0 Å². The van der Waals surface area contributed by atoms with E-state index in [1.165, 1.54) is 6.92 Å². The van der Waals surface area contributed by atoms with Crippen molar-refractivity contribution >= 4 is 5.69 Å². The van der Waals surface area contributed by atoms with Crippen LogP contribution in [0.4, 0.5) is 40.8 Å². The lowest BCUT2D eigenvalue weighted by Gasteiger charge is -2.15. The van der Waals surface area contributed by atoms with Gasteiger partial charge in [0.1, 0.15) is 0 Å². The van der Waals surface area contributed by atoms with Gasteiger partial charge in [-0.2, -0.15) is 35.1 Å². The predicted octanol–water partition coefficient (Wildman–Crippen LogP) is 4.22. The minimum atomic E-state index is -6.19. The van der Waals surface area contributed by atoms with Crippen LogP contribution in [0.15, 0.2) is 18.2 Å². The molecule has 1 aromatic heterocycles. The van der Waals surface area contributed by atoms with Gasteiger partial charge in [0.25, 0.3) is 5.69 Å². The van der Waals surface area contributed by atoms with Gasteiger partial charge in [-0.3, -0.25) is 10.1 Å². The fourth-order valence-corrected chi connectivity index (χ4v) is 2.12. The van der Waals surface area contributed by atoms with Gasteiger partial charge in [0.2, 0.25) is 11.6 Å². The summed E-state index contributed by atoms with van der Waals surface area (Å²) in [5.41, 5.74) is -0.347. The molecule has 0 N–H and O–H groups in total. The van der Waals surface area contributed by atoms with Crippen molar-refractivity contribution in [3.8, 4) is 0 Å². The van der Waals surface area contributed by atoms with Crippen molar-refractivity contribution in [1.82, 2.24) is 14.8 Å². The van der Waals surface area contributed by atoms with Gasteiger partial charge in [0, 0.05) is 11.6 Å². The molecule has 0 bridgehead atoms. The van der Waals surface area contributed by atoms with Gasteiger partial charge in [-0.25, -0.2) is 9.67 Å². The number of alkyl halides is 8. The molecular formula is C13H8F8N4O2. The second kappa shape index (κ2) is 6.42. The molecule has 0 aliphatic heterocycles. The summed E-state index contributed by atoms with van der Waals surface area (Å²) in [4.78, 5) is 12.3. The molecule has 0 radical (unpaired) electrons. The number of rotatable bonds is 4. The van der Waals surface area contributed by atoms with Crippen molar-refractivity contribution in [3.05, 3.63) is 51.1 Å². The molecule has 0 aliphatic rings. The van der Waals surface area contributed by atoms with Crippen LogP contribution in [0, 0.1) is 17.0 Å². The Morgan fingerprint density at radius 1 is 1.11 bits per heavy atom. The largest absolute Gasteiger partial charge is 0.461 e. The zero-order valence-electron chi connectivity index (χ0n) is 13.1. The summed E-state index contributed by atoms with van der Waals surface area (Å²) in [6, 6.07) is 3.07. The third-order valence-electron chi connectivity index (χ3n) is 3.35. The molecule has 1 heterocycles. The fraction of sp³-hybridized carbons (Fsp3) is 0.385. The van der Waals surface area contributed by atoms with E-state index in [4.69, 9.17) is 0 Å². The molecule has 0 amide bonds. The molecule has 1 aromatic carbocycles. The van der Waals surface area contributed by atoms with Crippen molar-refractivity contribution in [2.75, 3.05) is 0 Å². The summed E-state index contributed by atoms with van der Waals surface area (Å²) in [7, 11) is 0. The number of aryl methyl sites for hydroxylation is 1. The molecule has 148 valence electrons. The van der Waals surface area contributed by atoms with Crippen LogP contribution in [0.5, 0.6) is 0 Å². The molecule has 0 fully saturated rings. The van der Waals surface area contributed by atoms with E-state index in [1.54, 1.807) is 0 Å². The second-order valence-electron chi connectivity index (χ2n) is 5.36. The summed E-state index contributed by atoms with van der Waals surface area (Å²) < 4.78 is 102. The molecule has 14 heteroatoms. The van der Waals surface area contributed by atoms with Crippen molar-refractivity contribution in [2.24, 2.45) is 0 Å². The Morgan fingerprint density at radius 3 is 2.15 bits per heavy atom. The van der Waals surface area contributed by atoms with Crippen LogP contribution in [0.25, 0.3) is 0 Å². The first-order valence-electron chi connectivity index (χ1n) is 6.85. The molecule has 2 aromatic rings. The highest BCUT2D eigenvalue weighted by atomic mass is 19.4. The summed E-state index contributed by atoms with van der Waals surface area (Å²) in [5.74, 6) is -10.1. The Balaban J connectivity index is 2.50. The number of nitrogens with zero attached hydrogens (tertiary/aromatic N) is 4. The summed E-state index contributed by atoms with van der Waals surface area (Å²) in [5, 5.41) is 13.4. The van der Waals surface area contributed by atoms with Crippen LogP contribution in [-0.4, -0.2) is 25.9 Å². The number of hydrogen-bond donors (Lipinski definition) is 0. The van der Waals surface area contributed by atoms with E-state index >= 15 is 0 Å². The summed E-state index contributed by atoms with van der Waals surface area (Å²) in [6.45, 7) is 0.394. The second-order valence-corrected chi connectivity index (χ2v) is 5.36. The number of benzene rings is 1. The number of halogens is 8. The highest BCUT2D eigenvalue weighted by molar-refractivity contribution is 5.41. The Morgan fingerprint density at radius 2 is 1.70 bits per heavy atom. The van der Waals surface area contributed by atoms with E-state index < -0.39 is 41.4 Å². The first kappa shape index (κ1) is 20.5. The normalized spacial score (nSPS) is 13.1. The van der Waals surface area contributed by atoms with E-state index in [1.807, 2.05) is 0 Å². The van der Waals surface area contributed by atoms with E-state index in [-0.39, 0.29) is 21.5 Å². The monoisotopic (exact) mass is 404 g/mol. The third-order valence-corrected chi connectivity index (χ3v) is 3.35. The molecule has 2 rings (SSSR count). The number of nitro groups is 1. The molecule has 0 atom stereocenters. The molecular weight excluding hydrogens is 396 g/mol. The number of hydrogen-bond acceptors (Lipinski definition) is 4. The Bertz CT molecular complexity index is 872. The van der Waals surface area contributed by atoms with Crippen LogP contribution in [0.3, 0.4) is 0 Å². The van der Waals surface area contributed by atoms with Gasteiger partial charge >= 0.3 is 18.3 Å². The maximum atomic E-state index is 13.3. The van der Waals surface area contributed by atoms with E-state index in [2.05, 4.69) is 10.1 Å². The lowest BCUT2D eigenvalue weighted by Crippen LogP contribution is -2.35. The number of aromatic nitrogens is 3. The highest BCUT2D eigenvalue weighted by Gasteiger charge is 2.62. The van der Waals surface area contributed by atoms with Gasteiger partial charge < -0.3 is 0 Å². The molecule has 0 saturated heterocycles. The third kappa shape index (κ3) is 3.98. The minimum Gasteiger partial charge on any atom is -0.258 e. The minimum absolute atomic E-state index is 0.0459. The van der Waals surface area contributed by atoms with E-state index in [9.17, 15) is 45.2 Å². The quantitative estimate of drug-likeness (QED) is 0.435. The average Bonchev–Trinajstić information content (AvgIpc) is 2.90. The van der Waals surface area contributed by atoms with Crippen molar-refractivity contribution in [2.45, 2.75) is 31.7 Å². The van der Waals surface area contributed by atoms with Gasteiger partial charge in [-0.1, -0.05) is 6.07 Å². The first-order valence-corrected chi connectivity index (χ1v) is 6.85. The molecule has 27 heavy (non-hydrogen) atoms. The van der Waals surface area contributed by atoms with Gasteiger partial charge in [-0.15, -0.1) is 5.10 Å². The number of nitro benzene ring substituents is 1. The Kier molecular flexibility index (Phi) is 4.88. The van der Waals surface area contributed by atoms with Gasteiger partial charge in [0.05, 0.1) is 11.5 Å². The maximum absolute atomic E-state index is 13.3. The molecule has 0 aliphatic carbocycles. The molecule has 0 spiro atoms. The fourth-order valence-electron chi connectivity index (χ4n) is 2.12. The van der Waals surface area contributed by atoms with Gasteiger partial charge in [-0.05, 0) is 18.6 Å². The smallest absolute Gasteiger partial charge is 0.258 e. The standard InChI is InChI=1S/C13H8F8N4O2/c1-6-4-7(2-3-8(6)25(26)27)5-24-10(12(16,17)18)22-9(23-24)11(14,15)13(19,20)21/h2-4H,5H2,1H3. The van der Waals surface area contributed by atoms with Crippen LogP contribution in [0.2, 0.25) is 0 Å². The Hall–Kier alpha value is -2.80. The zero-order valence-corrected chi connectivity index (χ0v) is 13.1. The van der Waals surface area contributed by atoms with Crippen LogP contribution < -0.4 is 0 Å². The van der Waals surface area contributed by atoms with Crippen LogP contribution in [0.1, 0.15) is 22.8 Å². The van der Waals surface area contributed by atoms with E-state index in [0.29, 0.717) is 0 Å². The first-order chi connectivity index (χ1) is 12.1. The summed E-state index contributed by atoms with van der Waals surface area (Å²) in [6.07, 6.45) is -11.5. The van der Waals surface area contributed by atoms with E-state index in [0.717, 1.165) is 18.2 Å². The molecule has 0 saturated carbocycles. The summed E-state index contributed by atoms with van der Waals surface area (Å²) >= 11 is 0. The average molecular weight is 404 g/mol. The van der Waals surface area contributed by atoms with Gasteiger partial charge in [0.15, 0.2) is 0 Å². The predicted molar refractivity (Wildman–Crippen MR) is 71.9 cm³/mol. The van der Waals surface area contributed by atoms with Crippen LogP contribution in [-0.2, 0) is 18.6 Å². The zero-order chi connectivity index (χ0) is 20.8. The SMILES string of the molecule is Cc1cc(Cn2nc(C(F)(F)C(F)(F)F)nc2C(F)(F)F)ccc1[N+](=O)[O-]. The topological polar surface area (TPSA) is 73.8 Å². The highest BCUT2D eigenvalue weighted by Crippen LogP contribution is 2.43. The lowest BCUT2D eigenvalue weighted by atomic mass is 10.1. The van der Waals surface area contributed by atoms with Crippen molar-refractivity contribution in [1.29, 1.82) is 0 Å². The van der Waals surface area contributed by atoms with Crippen molar-refractivity contribution < 1.29 is 40.0 Å². The maximum Gasteiger partial charge on any atom is 0.461 e.